The molecule has 0 aliphatic heterocycles. The first kappa shape index (κ1) is 89.7. The van der Waals surface area contributed by atoms with E-state index in [-0.39, 0.29) is 62.9 Å². The number of carbonyl (C=O) groups is 4. The number of aromatic nitrogens is 8. The van der Waals surface area contributed by atoms with E-state index in [1.807, 2.05) is 297 Å². The van der Waals surface area contributed by atoms with E-state index in [9.17, 15) is 39.6 Å². The van der Waals surface area contributed by atoms with Crippen LogP contribution < -0.4 is 21.3 Å². The predicted molar refractivity (Wildman–Crippen MR) is 531 cm³/mol. The van der Waals surface area contributed by atoms with E-state index in [4.69, 9.17) is 39.9 Å². The number of aliphatic hydroxyl groups excluding tert-OH is 4. The molecule has 0 atom stereocenters. The van der Waals surface area contributed by atoms with Crippen LogP contribution in [0, 0.1) is 0 Å². The smallest absolute Gasteiger partial charge is 0.230 e. The Labute approximate surface area is 783 Å². The zero-order valence-corrected chi connectivity index (χ0v) is 74.6. The Kier molecular flexibility index (Phi) is 28.3. The molecule has 668 valence electrons. The summed E-state index contributed by atoms with van der Waals surface area (Å²) < 4.78 is 0. The van der Waals surface area contributed by atoms with E-state index in [0.29, 0.717) is 65.3 Å². The van der Waals surface area contributed by atoms with Gasteiger partial charge in [-0.2, -0.15) is 0 Å². The molecular formula is C115H100N12O8. The average molecular weight is 1780 g/mol. The molecule has 0 fully saturated rings. The van der Waals surface area contributed by atoms with Gasteiger partial charge < -0.3 is 41.7 Å². The number of aliphatic hydroxyl groups is 4. The zero-order valence-electron chi connectivity index (χ0n) is 74.6. The van der Waals surface area contributed by atoms with Crippen LogP contribution in [0.5, 0.6) is 0 Å². The van der Waals surface area contributed by atoms with Crippen LogP contribution in [0.25, 0.3) is 101 Å². The maximum absolute atomic E-state index is 13.1. The first-order valence-corrected chi connectivity index (χ1v) is 45.9. The summed E-state index contributed by atoms with van der Waals surface area (Å²) in [4.78, 5) is 91.2. The number of hydrogen-bond acceptors (Lipinski definition) is 16. The SMILES string of the molecule is O=C(CCCc1ccccc1)Nc1nc2c(nc1-c1ccccc1)-c1ccc(CO)cc1CC2.O=C(CCc1ccccc1)Nc1nc2c(nc1-c1ccccc1)-c1ccc(CO)cc1CC2.O=C(Cc1ccc2ccccc2c1)Nc1nc2c(nc1-c1ccccc1)-c1ccc(CO)cc1CC2.O=C(Cc1ccccc1)Nc1nc2c(nc1-c1ccccc1)-c1ccc(CO)cc1CC2. The van der Waals surface area contributed by atoms with Crippen LogP contribution in [0.1, 0.15) is 109 Å². The van der Waals surface area contributed by atoms with Gasteiger partial charge in [0.15, 0.2) is 23.3 Å². The number of nitrogens with zero attached hydrogens (tertiary/aromatic N) is 8. The van der Waals surface area contributed by atoms with Gasteiger partial charge in [-0.05, 0) is 148 Å². The molecule has 4 aliphatic rings. The van der Waals surface area contributed by atoms with Gasteiger partial charge in [0, 0.05) is 57.3 Å². The van der Waals surface area contributed by atoms with Gasteiger partial charge in [0.05, 0.1) is 84.8 Å². The Morgan fingerprint density at radius 1 is 0.230 bits per heavy atom. The molecule has 21 rings (SSSR count). The average Bonchev–Trinajstić information content (AvgIpc) is 0.655. The summed E-state index contributed by atoms with van der Waals surface area (Å²) in [7, 11) is 0. The number of aryl methyl sites for hydroxylation is 10. The van der Waals surface area contributed by atoms with Crippen molar-refractivity contribution in [3.63, 3.8) is 0 Å². The number of rotatable bonds is 23. The molecular weight excluding hydrogens is 1680 g/mol. The highest BCUT2D eigenvalue weighted by atomic mass is 16.3. The van der Waals surface area contributed by atoms with E-state index in [2.05, 4.69) is 51.6 Å². The Morgan fingerprint density at radius 2 is 0.504 bits per heavy atom. The molecule has 0 radical (unpaired) electrons. The van der Waals surface area contributed by atoms with E-state index in [1.54, 1.807) is 0 Å². The monoisotopic (exact) mass is 1780 g/mol. The summed E-state index contributed by atoms with van der Waals surface area (Å²) in [6.45, 7) is 0.0854. The first-order chi connectivity index (χ1) is 66.3. The lowest BCUT2D eigenvalue weighted by Crippen LogP contribution is -2.19. The largest absolute Gasteiger partial charge is 0.392 e. The van der Waals surface area contributed by atoms with Crippen LogP contribution in [0.4, 0.5) is 23.3 Å². The van der Waals surface area contributed by atoms with Crippen molar-refractivity contribution in [1.82, 2.24) is 39.9 Å². The van der Waals surface area contributed by atoms with Crippen molar-refractivity contribution in [1.29, 1.82) is 0 Å². The second-order valence-electron chi connectivity index (χ2n) is 34.0. The van der Waals surface area contributed by atoms with Crippen LogP contribution in [-0.2, 0) is 123 Å². The molecule has 0 unspecified atom stereocenters. The van der Waals surface area contributed by atoms with Crippen molar-refractivity contribution in [2.75, 3.05) is 21.3 Å². The van der Waals surface area contributed by atoms with Crippen LogP contribution in [-0.4, -0.2) is 83.9 Å². The van der Waals surface area contributed by atoms with Crippen molar-refractivity contribution in [3.8, 4) is 90.1 Å². The highest BCUT2D eigenvalue weighted by Gasteiger charge is 2.30. The van der Waals surface area contributed by atoms with E-state index in [0.717, 1.165) is 210 Å². The fourth-order valence-electron chi connectivity index (χ4n) is 17.8. The fraction of sp³-hybridized carbons (Fsp3) is 0.165. The maximum atomic E-state index is 13.1. The zero-order chi connectivity index (χ0) is 92.4. The van der Waals surface area contributed by atoms with Gasteiger partial charge in [-0.25, -0.2) is 39.9 Å². The molecule has 20 nitrogen and oxygen atoms in total. The second kappa shape index (κ2) is 42.6. The number of nitrogens with one attached hydrogen (secondary N) is 4. The molecule has 0 saturated heterocycles. The molecule has 0 saturated carbocycles. The van der Waals surface area contributed by atoms with Crippen molar-refractivity contribution in [2.24, 2.45) is 0 Å². The van der Waals surface area contributed by atoms with Crippen molar-refractivity contribution in [3.05, 3.63) is 417 Å². The predicted octanol–water partition coefficient (Wildman–Crippen LogP) is 20.7. The highest BCUT2D eigenvalue weighted by molar-refractivity contribution is 5.99. The molecule has 4 amide bonds. The van der Waals surface area contributed by atoms with E-state index in [1.165, 1.54) is 22.3 Å². The number of anilines is 4. The lowest BCUT2D eigenvalue weighted by atomic mass is 9.90. The number of benzene rings is 13. The first-order valence-electron chi connectivity index (χ1n) is 45.9. The summed E-state index contributed by atoms with van der Waals surface area (Å²) >= 11 is 0. The normalized spacial score (nSPS) is 12.1. The summed E-state index contributed by atoms with van der Waals surface area (Å²) in [5.41, 5.74) is 29.9. The Bertz CT molecular complexity index is 7160. The minimum Gasteiger partial charge on any atom is -0.392 e. The number of hydrogen-bond donors (Lipinski definition) is 8. The molecule has 0 bridgehead atoms. The fourth-order valence-corrected chi connectivity index (χ4v) is 17.8. The topological polar surface area (TPSA) is 300 Å². The molecule has 4 heterocycles. The molecule has 135 heavy (non-hydrogen) atoms. The van der Waals surface area contributed by atoms with Gasteiger partial charge in [-0.3, -0.25) is 19.2 Å². The lowest BCUT2D eigenvalue weighted by Gasteiger charge is -2.21. The number of amides is 4. The maximum Gasteiger partial charge on any atom is 0.230 e. The third-order valence-corrected chi connectivity index (χ3v) is 24.6. The summed E-state index contributed by atoms with van der Waals surface area (Å²) in [5.74, 6) is 1.64. The van der Waals surface area contributed by atoms with Gasteiger partial charge in [-0.1, -0.05) is 328 Å². The third kappa shape index (κ3) is 21.7. The van der Waals surface area contributed by atoms with Gasteiger partial charge in [0.1, 0.15) is 22.8 Å². The van der Waals surface area contributed by atoms with Crippen LogP contribution in [0.15, 0.2) is 328 Å². The summed E-state index contributed by atoms with van der Waals surface area (Å²) in [5, 5.41) is 52.4. The molecule has 4 aliphatic carbocycles. The Hall–Kier alpha value is -15.8. The second-order valence-corrected chi connectivity index (χ2v) is 34.0. The van der Waals surface area contributed by atoms with Gasteiger partial charge in [0.2, 0.25) is 23.6 Å². The highest BCUT2D eigenvalue weighted by Crippen LogP contribution is 2.42. The quantitative estimate of drug-likeness (QED) is 0.0295. The van der Waals surface area contributed by atoms with Crippen LogP contribution in [0.2, 0.25) is 0 Å². The number of carbonyl (C=O) groups excluding carboxylic acids is 4. The molecule has 20 heteroatoms. The minimum atomic E-state index is -0.125. The Balaban J connectivity index is 0.000000120. The van der Waals surface area contributed by atoms with Crippen molar-refractivity contribution < 1.29 is 39.6 Å². The van der Waals surface area contributed by atoms with Crippen molar-refractivity contribution >= 4 is 57.7 Å². The molecule has 8 N–H and O–H groups in total. The van der Waals surface area contributed by atoms with Gasteiger partial charge in [0.25, 0.3) is 0 Å². The van der Waals surface area contributed by atoms with Gasteiger partial charge >= 0.3 is 0 Å². The standard InChI is InChI=1S/C31H25N3O2.C29H27N3O2.C28H25N3O2.C27H23N3O2/c35-19-21-11-14-26-25(17-21)13-15-27-30(26)34-29(23-7-2-1-3-8-23)31(32-27)33-28(36)18-20-10-12-22-6-4-5-9-24(22)16-20;33-19-21-14-16-24-23(18-21)15-17-25-28(24)32-27(22-11-5-2-6-12-22)29(30-25)31-26(34)13-7-10-20-8-3-1-4-9-20;32-18-20-11-14-23-22(17-20)13-15-24-27(23)31-26(21-9-5-2-6-10-21)28(29-24)30-25(33)16-12-19-7-3-1-4-8-19;31-17-19-11-13-22-21(15-19)12-14-23-26(22)30-25(20-9-5-2-6-10-20)27(28-23)29-24(32)16-18-7-3-1-4-8-18/h1-12,14,16-17,35H,13,15,18-19H2,(H,32,33,36);1-6,8-9,11-12,14,16,18,33H,7,10,13,15,17,19H2,(H,30,31,34);1-11,14,17,32H,12-13,15-16,18H2,(H,29,30,33);1-11,13,15,31H,12,14,16-17H2,(H,28,29,32). The summed E-state index contributed by atoms with van der Waals surface area (Å²) in [6, 6.07) is 107. The van der Waals surface area contributed by atoms with E-state index >= 15 is 0 Å². The molecule has 17 aromatic rings. The molecule has 0 spiro atoms. The van der Waals surface area contributed by atoms with Crippen molar-refractivity contribution in [2.45, 2.75) is 123 Å². The minimum absolute atomic E-state index is 0.0171. The van der Waals surface area contributed by atoms with Crippen LogP contribution >= 0.6 is 0 Å². The molecule has 13 aromatic carbocycles. The van der Waals surface area contributed by atoms with Gasteiger partial charge in [-0.15, -0.1) is 0 Å². The Morgan fingerprint density at radius 3 is 0.837 bits per heavy atom. The van der Waals surface area contributed by atoms with E-state index < -0.39 is 0 Å². The molecule has 4 aromatic heterocycles. The number of fused-ring (bicyclic) bond motifs is 13. The third-order valence-electron chi connectivity index (χ3n) is 24.6. The summed E-state index contributed by atoms with van der Waals surface area (Å²) in [6.07, 6.45) is 9.91. The van der Waals surface area contributed by atoms with Crippen LogP contribution in [0.3, 0.4) is 0 Å². The lowest BCUT2D eigenvalue weighted by molar-refractivity contribution is -0.117.